The van der Waals surface area contributed by atoms with Crippen LogP contribution in [-0.2, 0) is 6.42 Å². The van der Waals surface area contributed by atoms with Crippen molar-refractivity contribution >= 4 is 11.6 Å². The van der Waals surface area contributed by atoms with E-state index in [1.807, 2.05) is 42.5 Å². The van der Waals surface area contributed by atoms with E-state index in [2.05, 4.69) is 53.1 Å². The Hall–Kier alpha value is -2.91. The highest BCUT2D eigenvalue weighted by Crippen LogP contribution is 2.41. The fourth-order valence-electron chi connectivity index (χ4n) is 3.62. The zero-order valence-electron chi connectivity index (χ0n) is 16.0. The van der Waals surface area contributed by atoms with Gasteiger partial charge in [0.05, 0.1) is 0 Å². The van der Waals surface area contributed by atoms with Gasteiger partial charge in [0.2, 0.25) is 0 Å². The van der Waals surface area contributed by atoms with Gasteiger partial charge in [0.25, 0.3) is 5.91 Å². The molecule has 1 aliphatic carbocycles. The minimum atomic E-state index is -0.0715. The van der Waals surface area contributed by atoms with Gasteiger partial charge in [0, 0.05) is 23.2 Å². The molecule has 2 unspecified atom stereocenters. The van der Waals surface area contributed by atoms with Crippen molar-refractivity contribution in [3.63, 3.8) is 0 Å². The van der Waals surface area contributed by atoms with Crippen LogP contribution >= 0.6 is 0 Å². The number of carbonyl (C=O) groups is 1. The predicted molar refractivity (Wildman–Crippen MR) is 115 cm³/mol. The first kappa shape index (κ1) is 18.5. The van der Waals surface area contributed by atoms with Gasteiger partial charge >= 0.3 is 0 Å². The summed E-state index contributed by atoms with van der Waals surface area (Å²) in [5.74, 6) is 0.522. The molecule has 2 N–H and O–H groups in total. The Labute approximate surface area is 166 Å². The van der Waals surface area contributed by atoms with Crippen LogP contribution in [0, 0.1) is 0 Å². The minimum absolute atomic E-state index is 0.0715. The average Bonchev–Trinajstić information content (AvgIpc) is 3.53. The van der Waals surface area contributed by atoms with Crippen molar-refractivity contribution in [2.75, 3.05) is 11.9 Å². The summed E-state index contributed by atoms with van der Waals surface area (Å²) >= 11 is 0. The number of carbonyl (C=O) groups excluding carboxylic acids is 1. The number of hydrogen-bond acceptors (Lipinski definition) is 2. The van der Waals surface area contributed by atoms with E-state index in [1.165, 1.54) is 17.5 Å². The molecule has 28 heavy (non-hydrogen) atoms. The fraction of sp³-hybridized carbons (Fsp3) is 0.240. The Balaban J connectivity index is 1.21. The second-order valence-electron chi connectivity index (χ2n) is 7.43. The van der Waals surface area contributed by atoms with E-state index >= 15 is 0 Å². The first-order valence-electron chi connectivity index (χ1n) is 10.0. The van der Waals surface area contributed by atoms with Gasteiger partial charge in [-0.1, -0.05) is 60.7 Å². The van der Waals surface area contributed by atoms with Crippen molar-refractivity contribution in [2.45, 2.75) is 31.2 Å². The number of nitrogens with one attached hydrogen (secondary N) is 2. The number of rotatable bonds is 8. The summed E-state index contributed by atoms with van der Waals surface area (Å²) in [6.45, 7) is 1.06. The Morgan fingerprint density at radius 2 is 1.54 bits per heavy atom. The normalized spacial score (nSPS) is 17.9. The van der Waals surface area contributed by atoms with E-state index in [4.69, 9.17) is 0 Å². The van der Waals surface area contributed by atoms with Gasteiger partial charge in [-0.25, -0.2) is 0 Å². The largest absolute Gasteiger partial charge is 0.322 e. The van der Waals surface area contributed by atoms with Crippen molar-refractivity contribution in [2.24, 2.45) is 0 Å². The van der Waals surface area contributed by atoms with Crippen molar-refractivity contribution < 1.29 is 4.79 Å². The molecule has 0 saturated heterocycles. The third-order valence-corrected chi connectivity index (χ3v) is 5.31. The zero-order valence-corrected chi connectivity index (χ0v) is 16.0. The van der Waals surface area contributed by atoms with E-state index < -0.39 is 0 Å². The molecule has 3 nitrogen and oxygen atoms in total. The molecule has 3 heteroatoms. The number of amides is 1. The molecule has 0 heterocycles. The molecular weight excluding hydrogens is 344 g/mol. The lowest BCUT2D eigenvalue weighted by Crippen LogP contribution is -2.19. The Bertz CT molecular complexity index is 891. The van der Waals surface area contributed by atoms with E-state index in [1.54, 1.807) is 0 Å². The Morgan fingerprint density at radius 3 is 2.25 bits per heavy atom. The van der Waals surface area contributed by atoms with Crippen LogP contribution in [0.15, 0.2) is 84.9 Å². The molecule has 1 aliphatic rings. The monoisotopic (exact) mass is 370 g/mol. The molecule has 1 saturated carbocycles. The lowest BCUT2D eigenvalue weighted by Gasteiger charge is -2.07. The molecule has 0 radical (unpaired) electrons. The lowest BCUT2D eigenvalue weighted by molar-refractivity contribution is 0.102. The van der Waals surface area contributed by atoms with Crippen LogP contribution in [0.3, 0.4) is 0 Å². The quantitative estimate of drug-likeness (QED) is 0.547. The van der Waals surface area contributed by atoms with Crippen LogP contribution in [0.25, 0.3) is 0 Å². The fourth-order valence-corrected chi connectivity index (χ4v) is 3.62. The van der Waals surface area contributed by atoms with Crippen LogP contribution in [0.4, 0.5) is 5.69 Å². The van der Waals surface area contributed by atoms with E-state index in [0.29, 0.717) is 17.5 Å². The van der Waals surface area contributed by atoms with E-state index in [-0.39, 0.29) is 5.91 Å². The summed E-state index contributed by atoms with van der Waals surface area (Å²) in [6, 6.07) is 28.8. The highest BCUT2D eigenvalue weighted by Gasteiger charge is 2.37. The van der Waals surface area contributed by atoms with E-state index in [0.717, 1.165) is 25.1 Å². The second-order valence-corrected chi connectivity index (χ2v) is 7.43. The van der Waals surface area contributed by atoms with Gasteiger partial charge in [-0.15, -0.1) is 0 Å². The smallest absolute Gasteiger partial charge is 0.255 e. The minimum Gasteiger partial charge on any atom is -0.322 e. The standard InChI is InChI=1S/C25H26N2O/c28-25(21-11-5-2-6-12-21)27-22-15-13-20(14-16-22)23-18-24(23)26-17-7-10-19-8-3-1-4-9-19/h1-6,8-9,11-16,23-24,26H,7,10,17-18H2,(H,27,28). The van der Waals surface area contributed by atoms with Gasteiger partial charge in [0.15, 0.2) is 0 Å². The molecule has 2 atom stereocenters. The van der Waals surface area contributed by atoms with E-state index in [9.17, 15) is 4.79 Å². The summed E-state index contributed by atoms with van der Waals surface area (Å²) in [5, 5.41) is 6.63. The van der Waals surface area contributed by atoms with Crippen LogP contribution in [0.5, 0.6) is 0 Å². The molecule has 0 bridgehead atoms. The molecule has 1 amide bonds. The first-order chi connectivity index (χ1) is 13.8. The molecule has 0 aromatic heterocycles. The average molecular weight is 370 g/mol. The molecule has 142 valence electrons. The highest BCUT2D eigenvalue weighted by molar-refractivity contribution is 6.04. The lowest BCUT2D eigenvalue weighted by atomic mass is 10.1. The molecule has 3 aromatic rings. The Morgan fingerprint density at radius 1 is 0.857 bits per heavy atom. The summed E-state index contributed by atoms with van der Waals surface area (Å²) in [6.07, 6.45) is 3.49. The van der Waals surface area contributed by atoms with Gasteiger partial charge in [-0.05, 0) is 61.2 Å². The number of hydrogen-bond donors (Lipinski definition) is 2. The highest BCUT2D eigenvalue weighted by atomic mass is 16.1. The molecular formula is C25H26N2O. The van der Waals surface area contributed by atoms with Crippen LogP contribution < -0.4 is 10.6 Å². The predicted octanol–water partition coefficient (Wildman–Crippen LogP) is 5.02. The van der Waals surface area contributed by atoms with Crippen molar-refractivity contribution in [1.29, 1.82) is 0 Å². The molecule has 1 fully saturated rings. The third kappa shape index (κ3) is 4.87. The van der Waals surface area contributed by atoms with Crippen molar-refractivity contribution in [1.82, 2.24) is 5.32 Å². The second kappa shape index (κ2) is 8.85. The summed E-state index contributed by atoms with van der Waals surface area (Å²) in [7, 11) is 0. The SMILES string of the molecule is O=C(Nc1ccc(C2CC2NCCCc2ccccc2)cc1)c1ccccc1. The molecule has 4 rings (SSSR count). The van der Waals surface area contributed by atoms with Gasteiger partial charge < -0.3 is 10.6 Å². The maximum atomic E-state index is 12.2. The topological polar surface area (TPSA) is 41.1 Å². The van der Waals surface area contributed by atoms with Gasteiger partial charge in [-0.3, -0.25) is 4.79 Å². The zero-order chi connectivity index (χ0) is 19.2. The van der Waals surface area contributed by atoms with Crippen LogP contribution in [0.1, 0.15) is 40.2 Å². The van der Waals surface area contributed by atoms with Crippen LogP contribution in [-0.4, -0.2) is 18.5 Å². The summed E-state index contributed by atoms with van der Waals surface area (Å²) < 4.78 is 0. The number of aryl methyl sites for hydroxylation is 1. The third-order valence-electron chi connectivity index (χ3n) is 5.31. The van der Waals surface area contributed by atoms with Crippen molar-refractivity contribution in [3.05, 3.63) is 102 Å². The van der Waals surface area contributed by atoms with Crippen LogP contribution in [0.2, 0.25) is 0 Å². The Kier molecular flexibility index (Phi) is 5.83. The molecule has 0 spiro atoms. The van der Waals surface area contributed by atoms with Gasteiger partial charge in [0.1, 0.15) is 0 Å². The maximum absolute atomic E-state index is 12.2. The molecule has 3 aromatic carbocycles. The molecule has 0 aliphatic heterocycles. The summed E-state index contributed by atoms with van der Waals surface area (Å²) in [5.41, 5.74) is 4.27. The number of anilines is 1. The van der Waals surface area contributed by atoms with Crippen molar-refractivity contribution in [3.8, 4) is 0 Å². The maximum Gasteiger partial charge on any atom is 0.255 e. The first-order valence-corrected chi connectivity index (χ1v) is 10.0. The van der Waals surface area contributed by atoms with Gasteiger partial charge in [-0.2, -0.15) is 0 Å². The summed E-state index contributed by atoms with van der Waals surface area (Å²) in [4.78, 5) is 12.2. The number of benzene rings is 3.